The van der Waals surface area contributed by atoms with E-state index in [1.54, 1.807) is 0 Å². The number of quaternary nitrogens is 1. The lowest BCUT2D eigenvalue weighted by atomic mass is 9.81. The van der Waals surface area contributed by atoms with Crippen LogP contribution in [0.25, 0.3) is 0 Å². The molecule has 4 rings (SSSR count). The number of piperidine rings is 2. The summed E-state index contributed by atoms with van der Waals surface area (Å²) in [5, 5.41) is 6.25. The zero-order chi connectivity index (χ0) is 15.8. The van der Waals surface area contributed by atoms with E-state index in [1.165, 1.54) is 32.1 Å². The second-order valence-corrected chi connectivity index (χ2v) is 7.68. The molecule has 4 heteroatoms. The summed E-state index contributed by atoms with van der Waals surface area (Å²) in [5.74, 6) is 0. The van der Waals surface area contributed by atoms with Gasteiger partial charge in [-0.25, -0.2) is 4.79 Å². The smallest absolute Gasteiger partial charge is 0.319 e. The lowest BCUT2D eigenvalue weighted by Gasteiger charge is -2.46. The maximum absolute atomic E-state index is 12.4. The van der Waals surface area contributed by atoms with Crippen LogP contribution in [0.4, 0.5) is 10.5 Å². The van der Waals surface area contributed by atoms with Crippen LogP contribution in [0.5, 0.6) is 0 Å². The number of urea groups is 1. The van der Waals surface area contributed by atoms with Crippen molar-refractivity contribution in [3.05, 3.63) is 29.8 Å². The van der Waals surface area contributed by atoms with Crippen LogP contribution in [0.2, 0.25) is 0 Å². The highest BCUT2D eigenvalue weighted by atomic mass is 16.2. The van der Waals surface area contributed by atoms with Gasteiger partial charge in [-0.15, -0.1) is 0 Å². The maximum atomic E-state index is 12.4. The highest BCUT2D eigenvalue weighted by molar-refractivity contribution is 5.90. The molecule has 3 N–H and O–H groups in total. The molecule has 2 bridgehead atoms. The molecule has 23 heavy (non-hydrogen) atoms. The molecule has 2 saturated heterocycles. The van der Waals surface area contributed by atoms with Gasteiger partial charge in [0, 0.05) is 37.4 Å². The number of nitrogens with one attached hydrogen (secondary N) is 3. The zero-order valence-corrected chi connectivity index (χ0v) is 14.0. The molecule has 2 aliphatic heterocycles. The van der Waals surface area contributed by atoms with Crippen LogP contribution in [-0.2, 0) is 0 Å². The number of anilines is 1. The Morgan fingerprint density at radius 2 is 1.74 bits per heavy atom. The van der Waals surface area contributed by atoms with E-state index >= 15 is 0 Å². The predicted octanol–water partition coefficient (Wildman–Crippen LogP) is 2.25. The van der Waals surface area contributed by atoms with Gasteiger partial charge in [-0.3, -0.25) is 0 Å². The van der Waals surface area contributed by atoms with E-state index in [1.807, 2.05) is 36.1 Å². The van der Waals surface area contributed by atoms with Gasteiger partial charge in [0.05, 0.1) is 18.1 Å². The molecule has 1 aromatic carbocycles. The fraction of sp³-hybridized carbons (Fsp3) is 0.632. The number of carbonyl (C=O) groups is 1. The molecule has 3 aliphatic rings. The maximum Gasteiger partial charge on any atom is 0.319 e. The first-order valence-corrected chi connectivity index (χ1v) is 9.20. The Bertz CT molecular complexity index is 570. The summed E-state index contributed by atoms with van der Waals surface area (Å²) >= 11 is 0. The molecule has 1 aromatic rings. The van der Waals surface area contributed by atoms with Crippen molar-refractivity contribution in [3.8, 4) is 0 Å². The van der Waals surface area contributed by atoms with Gasteiger partial charge in [-0.1, -0.05) is 18.2 Å². The molecule has 0 aromatic heterocycles. The van der Waals surface area contributed by atoms with Gasteiger partial charge in [0.15, 0.2) is 0 Å². The highest BCUT2D eigenvalue weighted by Gasteiger charge is 2.48. The molecule has 1 saturated carbocycles. The average Bonchev–Trinajstić information content (AvgIpc) is 3.33. The SMILES string of the molecule is Cc1ccccc1NC(=O)NC1C[C@H]2CCC[C@H](C1)[NH+]2C1CC1. The summed E-state index contributed by atoms with van der Waals surface area (Å²) in [7, 11) is 0. The number of fused-ring (bicyclic) bond motifs is 2. The van der Waals surface area contributed by atoms with Crippen molar-refractivity contribution in [2.45, 2.75) is 76.0 Å². The van der Waals surface area contributed by atoms with Gasteiger partial charge in [0.2, 0.25) is 0 Å². The Morgan fingerprint density at radius 1 is 1.04 bits per heavy atom. The summed E-state index contributed by atoms with van der Waals surface area (Å²) in [5.41, 5.74) is 2.01. The average molecular weight is 314 g/mol. The third kappa shape index (κ3) is 3.23. The fourth-order valence-corrected chi connectivity index (χ4v) is 4.83. The first-order chi connectivity index (χ1) is 11.2. The van der Waals surface area contributed by atoms with Crippen molar-refractivity contribution >= 4 is 11.7 Å². The number of rotatable bonds is 3. The van der Waals surface area contributed by atoms with Crippen molar-refractivity contribution in [2.24, 2.45) is 0 Å². The first kappa shape index (κ1) is 15.0. The van der Waals surface area contributed by atoms with Crippen LogP contribution < -0.4 is 15.5 Å². The Hall–Kier alpha value is -1.55. The van der Waals surface area contributed by atoms with Crippen LogP contribution in [0.15, 0.2) is 24.3 Å². The van der Waals surface area contributed by atoms with E-state index in [4.69, 9.17) is 0 Å². The third-order valence-corrected chi connectivity index (χ3v) is 5.96. The van der Waals surface area contributed by atoms with Crippen LogP contribution in [0.3, 0.4) is 0 Å². The largest absolute Gasteiger partial charge is 0.335 e. The Balaban J connectivity index is 1.36. The number of carbonyl (C=O) groups excluding carboxylic acids is 1. The zero-order valence-electron chi connectivity index (χ0n) is 14.0. The summed E-state index contributed by atoms with van der Waals surface area (Å²) < 4.78 is 0. The van der Waals surface area contributed by atoms with Gasteiger partial charge in [-0.05, 0) is 37.8 Å². The van der Waals surface area contributed by atoms with E-state index < -0.39 is 0 Å². The number of amides is 2. The predicted molar refractivity (Wildman–Crippen MR) is 91.8 cm³/mol. The monoisotopic (exact) mass is 314 g/mol. The molecule has 0 unspecified atom stereocenters. The number of aryl methyl sites for hydroxylation is 1. The minimum absolute atomic E-state index is 0.0442. The summed E-state index contributed by atoms with van der Waals surface area (Å²) in [4.78, 5) is 14.2. The standard InChI is InChI=1S/C19H27N3O/c1-13-5-2-3-8-18(13)21-19(23)20-14-11-16-6-4-7-17(12-14)22(16)15-9-10-15/h2-3,5,8,14-17H,4,6-7,9-12H2,1H3,(H2,20,21,23)/p+1/t16-,17-/m1/s1. The molecule has 1 aliphatic carbocycles. The topological polar surface area (TPSA) is 45.6 Å². The molecule has 0 spiro atoms. The summed E-state index contributed by atoms with van der Waals surface area (Å²) in [6.45, 7) is 2.03. The van der Waals surface area contributed by atoms with Crippen molar-refractivity contribution < 1.29 is 9.69 Å². The van der Waals surface area contributed by atoms with E-state index in [0.717, 1.165) is 42.2 Å². The van der Waals surface area contributed by atoms with Crippen molar-refractivity contribution in [3.63, 3.8) is 0 Å². The second kappa shape index (κ2) is 6.16. The van der Waals surface area contributed by atoms with Gasteiger partial charge in [0.1, 0.15) is 0 Å². The Labute approximate surface area is 138 Å². The van der Waals surface area contributed by atoms with Crippen molar-refractivity contribution in [1.82, 2.24) is 5.32 Å². The normalized spacial score (nSPS) is 33.1. The van der Waals surface area contributed by atoms with Gasteiger partial charge < -0.3 is 15.5 Å². The van der Waals surface area contributed by atoms with Gasteiger partial charge in [-0.2, -0.15) is 0 Å². The quantitative estimate of drug-likeness (QED) is 0.787. The van der Waals surface area contributed by atoms with E-state index in [9.17, 15) is 4.79 Å². The van der Waals surface area contributed by atoms with Crippen LogP contribution in [-0.4, -0.2) is 30.2 Å². The number of hydrogen-bond acceptors (Lipinski definition) is 1. The minimum Gasteiger partial charge on any atom is -0.335 e. The number of para-hydroxylation sites is 1. The highest BCUT2D eigenvalue weighted by Crippen LogP contribution is 2.27. The number of hydrogen-bond donors (Lipinski definition) is 3. The third-order valence-electron chi connectivity index (χ3n) is 5.96. The number of benzene rings is 1. The molecule has 2 amide bonds. The van der Waals surface area contributed by atoms with Crippen LogP contribution in [0, 0.1) is 6.92 Å². The van der Waals surface area contributed by atoms with Crippen LogP contribution in [0.1, 0.15) is 50.5 Å². The van der Waals surface area contributed by atoms with Crippen molar-refractivity contribution in [2.75, 3.05) is 5.32 Å². The Kier molecular flexibility index (Phi) is 4.02. The molecule has 0 radical (unpaired) electrons. The molecular formula is C19H28N3O+. The Morgan fingerprint density at radius 3 is 2.39 bits per heavy atom. The van der Waals surface area contributed by atoms with Gasteiger partial charge >= 0.3 is 6.03 Å². The first-order valence-electron chi connectivity index (χ1n) is 9.20. The molecule has 4 nitrogen and oxygen atoms in total. The second-order valence-electron chi connectivity index (χ2n) is 7.68. The van der Waals surface area contributed by atoms with Crippen molar-refractivity contribution in [1.29, 1.82) is 0 Å². The molecule has 3 fully saturated rings. The van der Waals surface area contributed by atoms with Crippen LogP contribution >= 0.6 is 0 Å². The minimum atomic E-state index is -0.0442. The molecule has 124 valence electrons. The fourth-order valence-electron chi connectivity index (χ4n) is 4.83. The van der Waals surface area contributed by atoms with E-state index in [2.05, 4.69) is 10.6 Å². The summed E-state index contributed by atoms with van der Waals surface area (Å²) in [6.07, 6.45) is 9.24. The molecule has 2 atom stereocenters. The lowest BCUT2D eigenvalue weighted by Crippen LogP contribution is -3.22. The van der Waals surface area contributed by atoms with E-state index in [-0.39, 0.29) is 6.03 Å². The lowest BCUT2D eigenvalue weighted by molar-refractivity contribution is -0.971. The summed E-state index contributed by atoms with van der Waals surface area (Å²) in [6, 6.07) is 10.7. The van der Waals surface area contributed by atoms with Gasteiger partial charge in [0.25, 0.3) is 0 Å². The molecular weight excluding hydrogens is 286 g/mol. The van der Waals surface area contributed by atoms with E-state index in [0.29, 0.717) is 6.04 Å². The molecule has 2 heterocycles.